The summed E-state index contributed by atoms with van der Waals surface area (Å²) >= 11 is 0. The number of rotatable bonds is 7. The zero-order valence-corrected chi connectivity index (χ0v) is 17.9. The number of phenols is 1. The molecule has 0 saturated carbocycles. The van der Waals surface area contributed by atoms with Gasteiger partial charge in [0.2, 0.25) is 5.88 Å². The summed E-state index contributed by atoms with van der Waals surface area (Å²) in [4.78, 5) is 12.8. The van der Waals surface area contributed by atoms with Crippen molar-refractivity contribution in [2.24, 2.45) is 0 Å². The quantitative estimate of drug-likeness (QED) is 0.462. The number of fused-ring (bicyclic) bond motifs is 1. The number of benzene rings is 2. The van der Waals surface area contributed by atoms with Crippen molar-refractivity contribution >= 4 is 28.0 Å². The summed E-state index contributed by atoms with van der Waals surface area (Å²) < 4.78 is 5.85. The molecule has 0 spiro atoms. The van der Waals surface area contributed by atoms with Gasteiger partial charge < -0.3 is 19.6 Å². The van der Waals surface area contributed by atoms with E-state index < -0.39 is 0 Å². The van der Waals surface area contributed by atoms with Gasteiger partial charge in [-0.2, -0.15) is 5.26 Å². The molecule has 7 heteroatoms. The smallest absolute Gasteiger partial charge is 0.214 e. The molecule has 0 saturated heterocycles. The Morgan fingerprint density at radius 2 is 1.69 bits per heavy atom. The Labute approximate surface area is 186 Å². The molecule has 7 nitrogen and oxygen atoms in total. The number of hydrogen-bond acceptors (Lipinski definition) is 7. The second-order valence-electron chi connectivity index (χ2n) is 7.51. The van der Waals surface area contributed by atoms with Gasteiger partial charge in [0.1, 0.15) is 18.4 Å². The fourth-order valence-corrected chi connectivity index (χ4v) is 3.38. The van der Waals surface area contributed by atoms with Gasteiger partial charge in [0.15, 0.2) is 0 Å². The van der Waals surface area contributed by atoms with Gasteiger partial charge >= 0.3 is 0 Å². The lowest BCUT2D eigenvalue weighted by Crippen LogP contribution is -2.19. The molecular formula is C25H23N5O2. The van der Waals surface area contributed by atoms with Crippen LogP contribution in [0.15, 0.2) is 73.1 Å². The summed E-state index contributed by atoms with van der Waals surface area (Å²) in [7, 11) is 3.96. The number of phenolic OH excluding ortho intramolecular Hbond substituents is 1. The summed E-state index contributed by atoms with van der Waals surface area (Å²) in [5.41, 5.74) is 3.41. The van der Waals surface area contributed by atoms with Crippen molar-refractivity contribution in [1.29, 1.82) is 5.26 Å². The largest absolute Gasteiger partial charge is 0.508 e. The highest BCUT2D eigenvalue weighted by Crippen LogP contribution is 2.41. The number of likely N-dealkylation sites (N-methyl/N-ethyl adjacent to an activating group) is 1. The van der Waals surface area contributed by atoms with Crippen molar-refractivity contribution < 1.29 is 9.84 Å². The second kappa shape index (κ2) is 9.33. The molecule has 0 bridgehead atoms. The number of nitrogens with zero attached hydrogens (tertiary/aromatic N) is 5. The van der Waals surface area contributed by atoms with Crippen LogP contribution < -0.4 is 9.64 Å². The third-order valence-electron chi connectivity index (χ3n) is 4.96. The number of hydrogen-bond donors (Lipinski definition) is 1. The maximum Gasteiger partial charge on any atom is 0.214 e. The van der Waals surface area contributed by atoms with E-state index >= 15 is 0 Å². The van der Waals surface area contributed by atoms with Crippen molar-refractivity contribution in [2.75, 3.05) is 32.1 Å². The third kappa shape index (κ3) is 4.46. The zero-order chi connectivity index (χ0) is 22.5. The van der Waals surface area contributed by atoms with Crippen LogP contribution in [0.2, 0.25) is 0 Å². The van der Waals surface area contributed by atoms with Crippen LogP contribution in [0.1, 0.15) is 5.56 Å². The Morgan fingerprint density at radius 3 is 2.38 bits per heavy atom. The first-order valence-corrected chi connectivity index (χ1v) is 10.2. The molecule has 0 aliphatic carbocycles. The molecule has 1 N–H and O–H groups in total. The van der Waals surface area contributed by atoms with Gasteiger partial charge in [-0.1, -0.05) is 18.2 Å². The monoisotopic (exact) mass is 425 g/mol. The lowest BCUT2D eigenvalue weighted by atomic mass is 10.1. The van der Waals surface area contributed by atoms with E-state index in [0.717, 1.165) is 23.3 Å². The van der Waals surface area contributed by atoms with Gasteiger partial charge in [0, 0.05) is 35.6 Å². The highest BCUT2D eigenvalue weighted by atomic mass is 16.5. The lowest BCUT2D eigenvalue weighted by molar-refractivity contribution is 0.254. The maximum absolute atomic E-state index is 9.93. The SMILES string of the molecule is CN(C)CCOc1cc2c(N(c3ccccc3)c3ccc(O)cc3)c(C#N)cnc2cn1. The Kier molecular flexibility index (Phi) is 6.15. The maximum atomic E-state index is 9.93. The fourth-order valence-electron chi connectivity index (χ4n) is 3.38. The van der Waals surface area contributed by atoms with Gasteiger partial charge in [-0.3, -0.25) is 4.98 Å². The highest BCUT2D eigenvalue weighted by Gasteiger charge is 2.20. The van der Waals surface area contributed by atoms with Crippen LogP contribution in [0.3, 0.4) is 0 Å². The molecule has 160 valence electrons. The molecule has 32 heavy (non-hydrogen) atoms. The average molecular weight is 425 g/mol. The molecular weight excluding hydrogens is 402 g/mol. The predicted octanol–water partition coefficient (Wildman–Crippen LogP) is 4.62. The van der Waals surface area contributed by atoms with Crippen molar-refractivity contribution in [1.82, 2.24) is 14.9 Å². The van der Waals surface area contributed by atoms with Crippen LogP contribution in [0, 0.1) is 11.3 Å². The van der Waals surface area contributed by atoms with Crippen LogP contribution in [0.5, 0.6) is 11.6 Å². The normalized spacial score (nSPS) is 10.8. The lowest BCUT2D eigenvalue weighted by Gasteiger charge is -2.27. The summed E-state index contributed by atoms with van der Waals surface area (Å²) in [5, 5.41) is 20.5. The standard InChI is InChI=1S/C25H23N5O2/c1-29(2)12-13-32-24-14-22-23(17-28-24)27-16-18(15-26)25(22)30(19-6-4-3-5-7-19)20-8-10-21(31)11-9-20/h3-11,14,16-17,31H,12-13H2,1-2H3. The Hall–Kier alpha value is -4.15. The molecule has 0 aliphatic heterocycles. The van der Waals surface area contributed by atoms with E-state index in [2.05, 4.69) is 16.0 Å². The minimum Gasteiger partial charge on any atom is -0.508 e. The first-order valence-electron chi connectivity index (χ1n) is 10.2. The average Bonchev–Trinajstić information content (AvgIpc) is 2.81. The molecule has 0 unspecified atom stereocenters. The number of para-hydroxylation sites is 1. The summed E-state index contributed by atoms with van der Waals surface area (Å²) in [6.07, 6.45) is 3.22. The fraction of sp³-hybridized carbons (Fsp3) is 0.160. The predicted molar refractivity (Wildman–Crippen MR) is 125 cm³/mol. The molecule has 0 aliphatic rings. The minimum atomic E-state index is 0.169. The van der Waals surface area contributed by atoms with E-state index in [9.17, 15) is 10.4 Å². The van der Waals surface area contributed by atoms with Crippen LogP contribution in [-0.2, 0) is 0 Å². The molecule has 2 aromatic heterocycles. The minimum absolute atomic E-state index is 0.169. The first kappa shape index (κ1) is 21.1. The topological polar surface area (TPSA) is 85.5 Å². The number of aromatic nitrogens is 2. The van der Waals surface area contributed by atoms with E-state index in [0.29, 0.717) is 29.3 Å². The molecule has 0 amide bonds. The van der Waals surface area contributed by atoms with Crippen molar-refractivity contribution in [3.63, 3.8) is 0 Å². The van der Waals surface area contributed by atoms with E-state index in [1.165, 1.54) is 0 Å². The van der Waals surface area contributed by atoms with E-state index in [1.807, 2.05) is 72.4 Å². The number of pyridine rings is 2. The molecule has 4 rings (SSSR count). The van der Waals surface area contributed by atoms with Crippen molar-refractivity contribution in [3.05, 3.63) is 78.6 Å². The molecule has 0 fully saturated rings. The Balaban J connectivity index is 1.91. The van der Waals surface area contributed by atoms with E-state index in [1.54, 1.807) is 24.5 Å². The molecule has 0 radical (unpaired) electrons. The number of nitriles is 1. The molecule has 0 atom stereocenters. The number of anilines is 3. The van der Waals surface area contributed by atoms with Crippen LogP contribution in [-0.4, -0.2) is 47.2 Å². The molecule has 4 aromatic rings. The molecule has 2 aromatic carbocycles. The van der Waals surface area contributed by atoms with Crippen molar-refractivity contribution in [3.8, 4) is 17.7 Å². The summed E-state index contributed by atoms with van der Waals surface area (Å²) in [6.45, 7) is 1.25. The summed E-state index contributed by atoms with van der Waals surface area (Å²) in [6, 6.07) is 20.7. The Morgan fingerprint density at radius 1 is 0.969 bits per heavy atom. The van der Waals surface area contributed by atoms with Crippen molar-refractivity contribution in [2.45, 2.75) is 0 Å². The number of ether oxygens (including phenoxy) is 1. The summed E-state index contributed by atoms with van der Waals surface area (Å²) in [5.74, 6) is 0.638. The zero-order valence-electron chi connectivity index (χ0n) is 17.9. The van der Waals surface area contributed by atoms with Gasteiger partial charge in [0.25, 0.3) is 0 Å². The van der Waals surface area contributed by atoms with Crippen LogP contribution in [0.4, 0.5) is 17.1 Å². The third-order valence-corrected chi connectivity index (χ3v) is 4.96. The second-order valence-corrected chi connectivity index (χ2v) is 7.51. The van der Waals surface area contributed by atoms with Gasteiger partial charge in [-0.15, -0.1) is 0 Å². The molecule has 2 heterocycles. The van der Waals surface area contributed by atoms with Crippen LogP contribution >= 0.6 is 0 Å². The van der Waals surface area contributed by atoms with E-state index in [-0.39, 0.29) is 5.75 Å². The van der Waals surface area contributed by atoms with Gasteiger partial charge in [0.05, 0.1) is 23.0 Å². The Bertz CT molecular complexity index is 1250. The highest BCUT2D eigenvalue weighted by molar-refractivity contribution is 5.99. The van der Waals surface area contributed by atoms with E-state index in [4.69, 9.17) is 4.74 Å². The van der Waals surface area contributed by atoms with Gasteiger partial charge in [-0.05, 0) is 50.5 Å². The van der Waals surface area contributed by atoms with Gasteiger partial charge in [-0.25, -0.2) is 4.98 Å². The van der Waals surface area contributed by atoms with Crippen LogP contribution in [0.25, 0.3) is 10.9 Å². The first-order chi connectivity index (χ1) is 15.6. The number of aromatic hydroxyl groups is 1.